The van der Waals surface area contributed by atoms with Crippen LogP contribution in [-0.4, -0.2) is 33.0 Å². The summed E-state index contributed by atoms with van der Waals surface area (Å²) in [5.41, 5.74) is 4.00. The third-order valence-corrected chi connectivity index (χ3v) is 5.32. The second kappa shape index (κ2) is 9.00. The van der Waals surface area contributed by atoms with Gasteiger partial charge in [-0.1, -0.05) is 19.4 Å². The lowest BCUT2D eigenvalue weighted by Crippen LogP contribution is -2.40. The van der Waals surface area contributed by atoms with E-state index in [1.54, 1.807) is 0 Å². The fourth-order valence-electron chi connectivity index (χ4n) is 2.01. The summed E-state index contributed by atoms with van der Waals surface area (Å²) in [6, 6.07) is 2.92. The van der Waals surface area contributed by atoms with Crippen LogP contribution in [0.1, 0.15) is 54.4 Å². The molecule has 2 heteroatoms. The molecule has 0 aromatic rings. The second-order valence-corrected chi connectivity index (χ2v) is 6.87. The van der Waals surface area contributed by atoms with Crippen LogP contribution in [0.3, 0.4) is 0 Å². The lowest BCUT2D eigenvalue weighted by Gasteiger charge is -2.33. The zero-order chi connectivity index (χ0) is 12.6. The Hall–Kier alpha value is -0.0831. The number of hydrogen-bond donors (Lipinski definition) is 0. The van der Waals surface area contributed by atoms with Crippen molar-refractivity contribution in [3.8, 4) is 0 Å². The summed E-state index contributed by atoms with van der Waals surface area (Å²) in [5.74, 6) is 0. The van der Waals surface area contributed by atoms with Crippen LogP contribution in [0, 0.1) is 0 Å². The summed E-state index contributed by atoms with van der Waals surface area (Å²) < 4.78 is 0. The SMILES string of the molecule is CCC(C)N(CC[SiH2]C=C(C)C)C(C)CC. The monoisotopic (exact) mass is 241 g/mol. The predicted octanol–water partition coefficient (Wildman–Crippen LogP) is 3.40. The highest BCUT2D eigenvalue weighted by Gasteiger charge is 2.16. The molecule has 0 aromatic heterocycles. The summed E-state index contributed by atoms with van der Waals surface area (Å²) in [6.07, 6.45) is 2.54. The Morgan fingerprint density at radius 3 is 2.00 bits per heavy atom. The zero-order valence-corrected chi connectivity index (χ0v) is 13.6. The van der Waals surface area contributed by atoms with Crippen LogP contribution in [0.15, 0.2) is 11.3 Å². The van der Waals surface area contributed by atoms with Gasteiger partial charge in [0.25, 0.3) is 0 Å². The molecule has 1 nitrogen and oxygen atoms in total. The van der Waals surface area contributed by atoms with Crippen LogP contribution in [-0.2, 0) is 0 Å². The second-order valence-electron chi connectivity index (χ2n) is 5.18. The summed E-state index contributed by atoms with van der Waals surface area (Å²) in [4.78, 5) is 2.70. The van der Waals surface area contributed by atoms with Crippen molar-refractivity contribution in [1.82, 2.24) is 4.90 Å². The molecule has 0 saturated heterocycles. The van der Waals surface area contributed by atoms with Gasteiger partial charge in [-0.25, -0.2) is 0 Å². The van der Waals surface area contributed by atoms with E-state index in [9.17, 15) is 0 Å². The van der Waals surface area contributed by atoms with Gasteiger partial charge in [0, 0.05) is 21.6 Å². The Kier molecular flexibility index (Phi) is 8.95. The summed E-state index contributed by atoms with van der Waals surface area (Å²) >= 11 is 0. The molecule has 0 rings (SSSR count). The van der Waals surface area contributed by atoms with Crippen LogP contribution < -0.4 is 0 Å². The van der Waals surface area contributed by atoms with E-state index in [0.717, 1.165) is 12.1 Å². The molecule has 0 radical (unpaired) electrons. The maximum absolute atomic E-state index is 2.70. The smallest absolute Gasteiger partial charge is 0.0465 e. The van der Waals surface area contributed by atoms with Gasteiger partial charge in [-0.2, -0.15) is 0 Å². The van der Waals surface area contributed by atoms with Gasteiger partial charge in [0.2, 0.25) is 0 Å². The van der Waals surface area contributed by atoms with Crippen LogP contribution in [0.2, 0.25) is 6.04 Å². The van der Waals surface area contributed by atoms with Gasteiger partial charge < -0.3 is 0 Å². The first-order chi connectivity index (χ1) is 7.52. The summed E-state index contributed by atoms with van der Waals surface area (Å²) in [7, 11) is 0.0381. The number of hydrogen-bond acceptors (Lipinski definition) is 1. The van der Waals surface area contributed by atoms with E-state index in [1.165, 1.54) is 31.0 Å². The lowest BCUT2D eigenvalue weighted by atomic mass is 10.1. The van der Waals surface area contributed by atoms with Gasteiger partial charge in [-0.05, 0) is 53.1 Å². The highest BCUT2D eigenvalue weighted by molar-refractivity contribution is 6.42. The standard InChI is InChI=1S/C14H31NSi/c1-7-13(5)15(14(6)8-2)9-10-16-11-12(3)4/h11,13-14H,7-10,16H2,1-6H3. The van der Waals surface area contributed by atoms with Crippen molar-refractivity contribution >= 4 is 9.52 Å². The van der Waals surface area contributed by atoms with E-state index >= 15 is 0 Å². The molecule has 0 aliphatic rings. The normalized spacial score (nSPS) is 15.7. The Morgan fingerprint density at radius 2 is 1.62 bits per heavy atom. The molecule has 0 aliphatic carbocycles. The van der Waals surface area contributed by atoms with E-state index in [1.807, 2.05) is 0 Å². The molecule has 96 valence electrons. The van der Waals surface area contributed by atoms with Gasteiger partial charge in [0.1, 0.15) is 0 Å². The highest BCUT2D eigenvalue weighted by atomic mass is 28.2. The molecule has 0 N–H and O–H groups in total. The first-order valence-electron chi connectivity index (χ1n) is 6.91. The third kappa shape index (κ3) is 6.49. The Balaban J connectivity index is 4.07. The van der Waals surface area contributed by atoms with Crippen molar-refractivity contribution in [2.75, 3.05) is 6.54 Å². The van der Waals surface area contributed by atoms with Crippen LogP contribution in [0.25, 0.3) is 0 Å². The molecule has 0 saturated carbocycles. The molecule has 0 aromatic carbocycles. The van der Waals surface area contributed by atoms with Crippen LogP contribution >= 0.6 is 0 Å². The molecule has 16 heavy (non-hydrogen) atoms. The average molecular weight is 241 g/mol. The van der Waals surface area contributed by atoms with E-state index < -0.39 is 0 Å². The average Bonchev–Trinajstić information content (AvgIpc) is 2.27. The van der Waals surface area contributed by atoms with Crippen molar-refractivity contribution < 1.29 is 0 Å². The predicted molar refractivity (Wildman–Crippen MR) is 79.0 cm³/mol. The molecule has 0 heterocycles. The van der Waals surface area contributed by atoms with E-state index in [2.05, 4.69) is 52.1 Å². The topological polar surface area (TPSA) is 3.24 Å². The Morgan fingerprint density at radius 1 is 1.12 bits per heavy atom. The number of rotatable bonds is 8. The summed E-state index contributed by atoms with van der Waals surface area (Å²) in [5, 5.41) is 0. The van der Waals surface area contributed by atoms with Gasteiger partial charge in [-0.15, -0.1) is 5.70 Å². The third-order valence-electron chi connectivity index (χ3n) is 3.49. The van der Waals surface area contributed by atoms with Crippen molar-refractivity contribution in [2.24, 2.45) is 0 Å². The molecule has 0 amide bonds. The van der Waals surface area contributed by atoms with Gasteiger partial charge >= 0.3 is 0 Å². The molecule has 0 aliphatic heterocycles. The van der Waals surface area contributed by atoms with Gasteiger partial charge in [0.05, 0.1) is 0 Å². The van der Waals surface area contributed by atoms with E-state index in [-0.39, 0.29) is 9.52 Å². The quantitative estimate of drug-likeness (QED) is 0.465. The van der Waals surface area contributed by atoms with Gasteiger partial charge in [-0.3, -0.25) is 4.90 Å². The maximum atomic E-state index is 2.70. The molecular weight excluding hydrogens is 210 g/mol. The minimum Gasteiger partial charge on any atom is -0.298 e. The van der Waals surface area contributed by atoms with Crippen LogP contribution in [0.4, 0.5) is 0 Å². The minimum absolute atomic E-state index is 0.0381. The van der Waals surface area contributed by atoms with Crippen LogP contribution in [0.5, 0.6) is 0 Å². The summed E-state index contributed by atoms with van der Waals surface area (Å²) in [6.45, 7) is 15.1. The molecule has 0 spiro atoms. The fraction of sp³-hybridized carbons (Fsp3) is 0.857. The zero-order valence-electron chi connectivity index (χ0n) is 12.2. The van der Waals surface area contributed by atoms with E-state index in [4.69, 9.17) is 0 Å². The maximum Gasteiger partial charge on any atom is 0.0465 e. The fourth-order valence-corrected chi connectivity index (χ4v) is 3.34. The first-order valence-corrected chi connectivity index (χ1v) is 8.73. The number of nitrogens with zero attached hydrogens (tertiary/aromatic N) is 1. The molecule has 0 fully saturated rings. The first kappa shape index (κ1) is 15.9. The van der Waals surface area contributed by atoms with Crippen molar-refractivity contribution in [1.29, 1.82) is 0 Å². The Bertz CT molecular complexity index is 187. The van der Waals surface area contributed by atoms with Crippen molar-refractivity contribution in [3.05, 3.63) is 11.3 Å². The molecular formula is C14H31NSi. The number of allylic oxidation sites excluding steroid dienone is 1. The van der Waals surface area contributed by atoms with Crippen molar-refractivity contribution in [3.63, 3.8) is 0 Å². The van der Waals surface area contributed by atoms with E-state index in [0.29, 0.717) is 0 Å². The highest BCUT2D eigenvalue weighted by Crippen LogP contribution is 2.12. The molecule has 0 bridgehead atoms. The van der Waals surface area contributed by atoms with Crippen molar-refractivity contribution in [2.45, 2.75) is 72.5 Å². The largest absolute Gasteiger partial charge is 0.298 e. The molecule has 2 unspecified atom stereocenters. The van der Waals surface area contributed by atoms with Gasteiger partial charge in [0.15, 0.2) is 0 Å². The molecule has 2 atom stereocenters. The lowest BCUT2D eigenvalue weighted by molar-refractivity contribution is 0.155. The Labute approximate surface area is 105 Å². The minimum atomic E-state index is 0.0381.